The van der Waals surface area contributed by atoms with Gasteiger partial charge in [-0.15, -0.1) is 0 Å². The Morgan fingerprint density at radius 3 is 2.48 bits per heavy atom. The number of aromatic nitrogens is 1. The van der Waals surface area contributed by atoms with Gasteiger partial charge in [0.05, 0.1) is 11.4 Å². The molecule has 0 unspecified atom stereocenters. The maximum atomic E-state index is 12.3. The van der Waals surface area contributed by atoms with E-state index >= 15 is 0 Å². The monoisotopic (exact) mass is 324 g/mol. The number of carbonyl (C=O) groups excluding carboxylic acids is 3. The number of Topliss-reactive ketones (excluding diaryl/α,β-unsaturated/α-hetero) is 1. The van der Waals surface area contributed by atoms with Crippen molar-refractivity contribution in [1.82, 2.24) is 9.88 Å². The van der Waals surface area contributed by atoms with Gasteiger partial charge in [-0.1, -0.05) is 30.3 Å². The fourth-order valence-corrected chi connectivity index (χ4v) is 2.94. The van der Waals surface area contributed by atoms with Gasteiger partial charge < -0.3 is 0 Å². The van der Waals surface area contributed by atoms with Gasteiger partial charge in [-0.05, 0) is 35.5 Å². The van der Waals surface area contributed by atoms with Crippen LogP contribution in [0.1, 0.15) is 15.9 Å². The van der Waals surface area contributed by atoms with Gasteiger partial charge in [-0.25, -0.2) is 0 Å². The minimum atomic E-state index is -0.443. The van der Waals surface area contributed by atoms with Crippen LogP contribution in [0.4, 0.5) is 4.79 Å². The van der Waals surface area contributed by atoms with Crippen molar-refractivity contribution in [3.8, 4) is 0 Å². The molecule has 5 nitrogen and oxygen atoms in total. The van der Waals surface area contributed by atoms with Crippen molar-refractivity contribution in [3.05, 3.63) is 70.9 Å². The van der Waals surface area contributed by atoms with E-state index in [4.69, 9.17) is 0 Å². The van der Waals surface area contributed by atoms with E-state index in [1.807, 2.05) is 0 Å². The zero-order valence-corrected chi connectivity index (χ0v) is 12.8. The summed E-state index contributed by atoms with van der Waals surface area (Å²) in [7, 11) is 0. The molecule has 1 aliphatic heterocycles. The third kappa shape index (κ3) is 3.37. The first kappa shape index (κ1) is 15.2. The zero-order valence-electron chi connectivity index (χ0n) is 12.0. The van der Waals surface area contributed by atoms with Gasteiger partial charge >= 0.3 is 0 Å². The quantitative estimate of drug-likeness (QED) is 0.639. The predicted octanol–water partition coefficient (Wildman–Crippen LogP) is 3.00. The standard InChI is InChI=1S/C17H12N2O3S/c20-14(13-4-2-1-3-5-13)11-19-16(21)15(23-17(19)22)10-12-6-8-18-9-7-12/h1-10H,11H2/b15-10-. The number of rotatable bonds is 4. The number of thioether (sulfide) groups is 1. The summed E-state index contributed by atoms with van der Waals surface area (Å²) >= 11 is 0.840. The molecule has 0 aliphatic carbocycles. The summed E-state index contributed by atoms with van der Waals surface area (Å²) in [5.74, 6) is -0.709. The molecule has 0 atom stereocenters. The number of ketones is 1. The highest BCUT2D eigenvalue weighted by Gasteiger charge is 2.36. The molecule has 3 rings (SSSR count). The minimum absolute atomic E-state index is 0.248. The summed E-state index contributed by atoms with van der Waals surface area (Å²) in [4.78, 5) is 41.7. The van der Waals surface area contributed by atoms with Crippen LogP contribution in [0.3, 0.4) is 0 Å². The van der Waals surface area contributed by atoms with E-state index in [1.54, 1.807) is 60.9 Å². The van der Waals surface area contributed by atoms with Crippen molar-refractivity contribution in [1.29, 1.82) is 0 Å². The van der Waals surface area contributed by atoms with Gasteiger partial charge in [0.25, 0.3) is 11.1 Å². The van der Waals surface area contributed by atoms with Crippen molar-refractivity contribution in [3.63, 3.8) is 0 Å². The molecular formula is C17H12N2O3S. The molecule has 23 heavy (non-hydrogen) atoms. The molecule has 114 valence electrons. The van der Waals surface area contributed by atoms with E-state index in [2.05, 4.69) is 4.98 Å². The van der Waals surface area contributed by atoms with E-state index in [0.717, 1.165) is 22.2 Å². The maximum absolute atomic E-state index is 12.3. The summed E-state index contributed by atoms with van der Waals surface area (Å²) in [6, 6.07) is 12.1. The second-order valence-corrected chi connectivity index (χ2v) is 5.83. The summed E-state index contributed by atoms with van der Waals surface area (Å²) in [6.45, 7) is -0.248. The van der Waals surface area contributed by atoms with Crippen LogP contribution in [0.25, 0.3) is 6.08 Å². The zero-order chi connectivity index (χ0) is 16.2. The topological polar surface area (TPSA) is 67.3 Å². The number of benzene rings is 1. The largest absolute Gasteiger partial charge is 0.293 e. The molecule has 2 amide bonds. The van der Waals surface area contributed by atoms with Crippen LogP contribution in [0.5, 0.6) is 0 Å². The molecule has 2 aromatic rings. The number of pyridine rings is 1. The van der Waals surface area contributed by atoms with Gasteiger partial charge in [0.2, 0.25) is 0 Å². The second kappa shape index (κ2) is 6.58. The van der Waals surface area contributed by atoms with Gasteiger partial charge in [0.15, 0.2) is 5.78 Å². The molecule has 0 spiro atoms. The molecule has 0 bridgehead atoms. The Hall–Kier alpha value is -2.73. The molecule has 1 saturated heterocycles. The van der Waals surface area contributed by atoms with Crippen LogP contribution in [0.2, 0.25) is 0 Å². The molecule has 2 heterocycles. The van der Waals surface area contributed by atoms with Crippen LogP contribution < -0.4 is 0 Å². The molecule has 1 fully saturated rings. The average Bonchev–Trinajstić information content (AvgIpc) is 2.84. The highest BCUT2D eigenvalue weighted by molar-refractivity contribution is 8.18. The second-order valence-electron chi connectivity index (χ2n) is 4.84. The minimum Gasteiger partial charge on any atom is -0.292 e. The fourth-order valence-electron chi connectivity index (χ4n) is 2.11. The van der Waals surface area contributed by atoms with Gasteiger partial charge in [-0.3, -0.25) is 24.3 Å². The molecule has 6 heteroatoms. The van der Waals surface area contributed by atoms with E-state index < -0.39 is 11.1 Å². The van der Waals surface area contributed by atoms with E-state index in [0.29, 0.717) is 10.5 Å². The molecule has 1 aromatic carbocycles. The van der Waals surface area contributed by atoms with Crippen LogP contribution in [0, 0.1) is 0 Å². The van der Waals surface area contributed by atoms with Crippen molar-refractivity contribution in [2.75, 3.05) is 6.54 Å². The van der Waals surface area contributed by atoms with E-state index in [-0.39, 0.29) is 12.3 Å². The Morgan fingerprint density at radius 1 is 1.09 bits per heavy atom. The number of carbonyl (C=O) groups is 3. The van der Waals surface area contributed by atoms with Crippen LogP contribution in [-0.4, -0.2) is 33.4 Å². The Kier molecular flexibility index (Phi) is 4.34. The summed E-state index contributed by atoms with van der Waals surface area (Å²) in [6.07, 6.45) is 4.84. The van der Waals surface area contributed by atoms with Crippen molar-refractivity contribution < 1.29 is 14.4 Å². The Bertz CT molecular complexity index is 788. The van der Waals surface area contributed by atoms with Gasteiger partial charge in [0.1, 0.15) is 0 Å². The van der Waals surface area contributed by atoms with E-state index in [9.17, 15) is 14.4 Å². The number of amides is 2. The molecule has 0 N–H and O–H groups in total. The highest BCUT2D eigenvalue weighted by atomic mass is 32.2. The third-order valence-electron chi connectivity index (χ3n) is 3.27. The summed E-state index contributed by atoms with van der Waals surface area (Å²) in [5, 5.41) is -0.431. The first-order chi connectivity index (χ1) is 11.1. The van der Waals surface area contributed by atoms with E-state index in [1.165, 1.54) is 0 Å². The lowest BCUT2D eigenvalue weighted by Gasteiger charge is -2.11. The lowest BCUT2D eigenvalue weighted by molar-refractivity contribution is -0.122. The molecule has 1 aliphatic rings. The van der Waals surface area contributed by atoms with Gasteiger partial charge in [0, 0.05) is 18.0 Å². The molecule has 0 saturated carbocycles. The summed E-state index contributed by atoms with van der Waals surface area (Å²) in [5.41, 5.74) is 1.25. The van der Waals surface area contributed by atoms with Crippen molar-refractivity contribution >= 4 is 34.8 Å². The highest BCUT2D eigenvalue weighted by Crippen LogP contribution is 2.32. The third-order valence-corrected chi connectivity index (χ3v) is 4.18. The smallest absolute Gasteiger partial charge is 0.292 e. The molecular weight excluding hydrogens is 312 g/mol. The van der Waals surface area contributed by atoms with Crippen LogP contribution in [-0.2, 0) is 4.79 Å². The van der Waals surface area contributed by atoms with Crippen LogP contribution in [0.15, 0.2) is 59.8 Å². The molecule has 0 radical (unpaired) electrons. The Balaban J connectivity index is 1.77. The first-order valence-corrected chi connectivity index (χ1v) is 7.70. The first-order valence-electron chi connectivity index (χ1n) is 6.89. The lowest BCUT2D eigenvalue weighted by atomic mass is 10.1. The van der Waals surface area contributed by atoms with Crippen molar-refractivity contribution in [2.45, 2.75) is 0 Å². The Morgan fingerprint density at radius 2 is 1.78 bits per heavy atom. The summed E-state index contributed by atoms with van der Waals surface area (Å²) < 4.78 is 0. The number of hydrogen-bond donors (Lipinski definition) is 0. The number of imide groups is 1. The number of hydrogen-bond acceptors (Lipinski definition) is 5. The Labute approximate surface area is 137 Å². The van der Waals surface area contributed by atoms with Crippen LogP contribution >= 0.6 is 11.8 Å². The van der Waals surface area contributed by atoms with Gasteiger partial charge in [-0.2, -0.15) is 0 Å². The fraction of sp³-hybridized carbons (Fsp3) is 0.0588. The average molecular weight is 324 g/mol. The van der Waals surface area contributed by atoms with Crippen molar-refractivity contribution in [2.24, 2.45) is 0 Å². The molecule has 1 aromatic heterocycles. The maximum Gasteiger partial charge on any atom is 0.293 e. The lowest BCUT2D eigenvalue weighted by Crippen LogP contribution is -2.33. The number of nitrogens with zero attached hydrogens (tertiary/aromatic N) is 2. The predicted molar refractivity (Wildman–Crippen MR) is 87.7 cm³/mol. The SMILES string of the molecule is O=C(CN1C(=O)S/C(=C\c2ccncc2)C1=O)c1ccccc1. The normalized spacial score (nSPS) is 16.2.